The predicted octanol–water partition coefficient (Wildman–Crippen LogP) is 4.07. The molecule has 0 radical (unpaired) electrons. The zero-order valence-electron chi connectivity index (χ0n) is 12.0. The van der Waals surface area contributed by atoms with Crippen molar-refractivity contribution in [2.45, 2.75) is 50.7 Å². The molecule has 2 nitrogen and oxygen atoms in total. The minimum absolute atomic E-state index is 0.181. The third kappa shape index (κ3) is 5.15. The third-order valence-electron chi connectivity index (χ3n) is 3.92. The summed E-state index contributed by atoms with van der Waals surface area (Å²) in [7, 11) is 1.97. The van der Waals surface area contributed by atoms with Crippen LogP contribution in [0.1, 0.15) is 37.7 Å². The van der Waals surface area contributed by atoms with Crippen LogP contribution in [0.25, 0.3) is 0 Å². The van der Waals surface area contributed by atoms with Crippen LogP contribution in [-0.4, -0.2) is 25.8 Å². The summed E-state index contributed by atoms with van der Waals surface area (Å²) in [5.41, 5.74) is 1.03. The van der Waals surface area contributed by atoms with Crippen molar-refractivity contribution in [2.75, 3.05) is 13.7 Å². The molecule has 0 aliphatic carbocycles. The summed E-state index contributed by atoms with van der Waals surface area (Å²) < 4.78 is 20.0. The van der Waals surface area contributed by atoms with Crippen LogP contribution in [0.2, 0.25) is 0 Å². The SMILES string of the molecule is CNC(CCC1CCCCO1)Cc1cc(F)cc(Br)c1. The van der Waals surface area contributed by atoms with Gasteiger partial charge in [-0.15, -0.1) is 0 Å². The van der Waals surface area contributed by atoms with Crippen LogP contribution in [-0.2, 0) is 11.2 Å². The Balaban J connectivity index is 1.84. The molecule has 1 aliphatic heterocycles. The molecule has 1 aliphatic rings. The van der Waals surface area contributed by atoms with Crippen molar-refractivity contribution in [3.8, 4) is 0 Å². The van der Waals surface area contributed by atoms with Gasteiger partial charge in [-0.2, -0.15) is 0 Å². The van der Waals surface area contributed by atoms with E-state index in [-0.39, 0.29) is 5.82 Å². The van der Waals surface area contributed by atoms with E-state index in [4.69, 9.17) is 4.74 Å². The molecule has 0 amide bonds. The van der Waals surface area contributed by atoms with E-state index in [0.29, 0.717) is 12.1 Å². The fraction of sp³-hybridized carbons (Fsp3) is 0.625. The van der Waals surface area contributed by atoms with Crippen LogP contribution in [0.5, 0.6) is 0 Å². The van der Waals surface area contributed by atoms with E-state index in [1.165, 1.54) is 25.3 Å². The van der Waals surface area contributed by atoms with E-state index >= 15 is 0 Å². The predicted molar refractivity (Wildman–Crippen MR) is 83.5 cm³/mol. The third-order valence-corrected chi connectivity index (χ3v) is 4.38. The van der Waals surface area contributed by atoms with E-state index in [1.807, 2.05) is 13.1 Å². The standard InChI is InChI=1S/C16H23BrFNO/c1-19-15(5-6-16-4-2-3-7-20-16)10-12-8-13(17)11-14(18)9-12/h8-9,11,15-16,19H,2-7,10H2,1H3. The Bertz CT molecular complexity index is 401. The molecule has 0 bridgehead atoms. The highest BCUT2D eigenvalue weighted by Crippen LogP contribution is 2.20. The monoisotopic (exact) mass is 343 g/mol. The Hall–Kier alpha value is -0.450. The second-order valence-corrected chi connectivity index (χ2v) is 6.45. The molecule has 112 valence electrons. The molecular formula is C16H23BrFNO. The fourth-order valence-corrected chi connectivity index (χ4v) is 3.30. The van der Waals surface area contributed by atoms with E-state index in [9.17, 15) is 4.39 Å². The summed E-state index contributed by atoms with van der Waals surface area (Å²) in [4.78, 5) is 0. The normalized spacial score (nSPS) is 20.9. The molecule has 1 fully saturated rings. The fourth-order valence-electron chi connectivity index (χ4n) is 2.78. The second kappa shape index (κ2) is 8.11. The molecule has 0 aromatic heterocycles. The molecule has 20 heavy (non-hydrogen) atoms. The lowest BCUT2D eigenvalue weighted by Crippen LogP contribution is -2.30. The lowest BCUT2D eigenvalue weighted by molar-refractivity contribution is 0.00870. The molecule has 1 aromatic rings. The minimum Gasteiger partial charge on any atom is -0.378 e. The van der Waals surface area contributed by atoms with Gasteiger partial charge in [-0.1, -0.05) is 15.9 Å². The summed E-state index contributed by atoms with van der Waals surface area (Å²) in [6.07, 6.45) is 7.08. The maximum absolute atomic E-state index is 13.4. The summed E-state index contributed by atoms with van der Waals surface area (Å²) in [5.74, 6) is -0.181. The van der Waals surface area contributed by atoms with Crippen molar-refractivity contribution in [3.05, 3.63) is 34.1 Å². The van der Waals surface area contributed by atoms with Gasteiger partial charge in [-0.3, -0.25) is 0 Å². The van der Waals surface area contributed by atoms with Gasteiger partial charge in [0.2, 0.25) is 0 Å². The molecule has 4 heteroatoms. The first-order valence-electron chi connectivity index (χ1n) is 7.41. The number of nitrogens with one attached hydrogen (secondary N) is 1. The van der Waals surface area contributed by atoms with Gasteiger partial charge >= 0.3 is 0 Å². The maximum Gasteiger partial charge on any atom is 0.124 e. The number of hydrogen-bond donors (Lipinski definition) is 1. The molecule has 2 unspecified atom stereocenters. The molecule has 0 saturated carbocycles. The highest BCUT2D eigenvalue weighted by Gasteiger charge is 2.16. The molecule has 1 saturated heterocycles. The molecule has 1 aromatic carbocycles. The zero-order chi connectivity index (χ0) is 14.4. The lowest BCUT2D eigenvalue weighted by atomic mass is 9.97. The van der Waals surface area contributed by atoms with Crippen molar-refractivity contribution < 1.29 is 9.13 Å². The smallest absolute Gasteiger partial charge is 0.124 e. The Labute approximate surface area is 129 Å². The first-order valence-corrected chi connectivity index (χ1v) is 8.20. The molecule has 1 N–H and O–H groups in total. The van der Waals surface area contributed by atoms with Crippen LogP contribution in [0.4, 0.5) is 4.39 Å². The van der Waals surface area contributed by atoms with Crippen LogP contribution in [0.15, 0.2) is 22.7 Å². The maximum atomic E-state index is 13.4. The zero-order valence-corrected chi connectivity index (χ0v) is 13.6. The molecular weight excluding hydrogens is 321 g/mol. The molecule has 1 heterocycles. The second-order valence-electron chi connectivity index (χ2n) is 5.53. The van der Waals surface area contributed by atoms with Crippen molar-refractivity contribution in [1.82, 2.24) is 5.32 Å². The number of ether oxygens (including phenoxy) is 1. The number of benzene rings is 1. The van der Waals surface area contributed by atoms with Gasteiger partial charge in [0.05, 0.1) is 6.10 Å². The van der Waals surface area contributed by atoms with Crippen molar-refractivity contribution in [2.24, 2.45) is 0 Å². The average molecular weight is 344 g/mol. The molecule has 0 spiro atoms. The highest BCUT2D eigenvalue weighted by molar-refractivity contribution is 9.10. The number of rotatable bonds is 6. The summed E-state index contributed by atoms with van der Waals surface area (Å²) in [6, 6.07) is 5.47. The van der Waals surface area contributed by atoms with E-state index in [2.05, 4.69) is 21.2 Å². The first kappa shape index (κ1) is 15.9. The minimum atomic E-state index is -0.181. The van der Waals surface area contributed by atoms with Gasteiger partial charge in [-0.05, 0) is 69.3 Å². The van der Waals surface area contributed by atoms with Gasteiger partial charge in [0.1, 0.15) is 5.82 Å². The van der Waals surface area contributed by atoms with Crippen molar-refractivity contribution in [1.29, 1.82) is 0 Å². The van der Waals surface area contributed by atoms with Crippen LogP contribution < -0.4 is 5.32 Å². The Morgan fingerprint density at radius 3 is 2.90 bits per heavy atom. The average Bonchev–Trinajstić information content (AvgIpc) is 2.43. The van der Waals surface area contributed by atoms with Crippen molar-refractivity contribution in [3.63, 3.8) is 0 Å². The highest BCUT2D eigenvalue weighted by atomic mass is 79.9. The summed E-state index contributed by atoms with van der Waals surface area (Å²) in [5, 5.41) is 3.34. The number of hydrogen-bond acceptors (Lipinski definition) is 2. The Morgan fingerprint density at radius 1 is 1.40 bits per heavy atom. The quantitative estimate of drug-likeness (QED) is 0.840. The van der Waals surface area contributed by atoms with E-state index < -0.39 is 0 Å². The number of halogens is 2. The van der Waals surface area contributed by atoms with Crippen LogP contribution in [0.3, 0.4) is 0 Å². The lowest BCUT2D eigenvalue weighted by Gasteiger charge is -2.25. The van der Waals surface area contributed by atoms with Crippen molar-refractivity contribution >= 4 is 15.9 Å². The molecule has 2 atom stereocenters. The first-order chi connectivity index (χ1) is 9.67. The topological polar surface area (TPSA) is 21.3 Å². The summed E-state index contributed by atoms with van der Waals surface area (Å²) >= 11 is 3.35. The van der Waals surface area contributed by atoms with Gasteiger partial charge < -0.3 is 10.1 Å². The molecule has 2 rings (SSSR count). The van der Waals surface area contributed by atoms with E-state index in [1.54, 1.807) is 6.07 Å². The summed E-state index contributed by atoms with van der Waals surface area (Å²) in [6.45, 7) is 0.908. The largest absolute Gasteiger partial charge is 0.378 e. The Morgan fingerprint density at radius 2 is 2.25 bits per heavy atom. The van der Waals surface area contributed by atoms with Crippen LogP contribution in [0, 0.1) is 5.82 Å². The van der Waals surface area contributed by atoms with Gasteiger partial charge in [0.15, 0.2) is 0 Å². The van der Waals surface area contributed by atoms with E-state index in [0.717, 1.165) is 35.9 Å². The van der Waals surface area contributed by atoms with Gasteiger partial charge in [-0.25, -0.2) is 4.39 Å². The van der Waals surface area contributed by atoms with Gasteiger partial charge in [0.25, 0.3) is 0 Å². The Kier molecular flexibility index (Phi) is 6.46. The van der Waals surface area contributed by atoms with Crippen LogP contribution >= 0.6 is 15.9 Å². The van der Waals surface area contributed by atoms with Gasteiger partial charge in [0, 0.05) is 17.1 Å². The number of likely N-dealkylation sites (N-methyl/N-ethyl adjacent to an activating group) is 1.